The number of aromatic amines is 1. The number of aliphatic imine (C=N–C) groups is 1. The minimum atomic E-state index is -0.431. The van der Waals surface area contributed by atoms with Gasteiger partial charge in [0.15, 0.2) is 5.75 Å². The molecule has 136 valence electrons. The minimum absolute atomic E-state index is 0.0708. The van der Waals surface area contributed by atoms with Crippen LogP contribution in [0.1, 0.15) is 32.6 Å². The summed E-state index contributed by atoms with van der Waals surface area (Å²) in [6.45, 7) is 5.75. The molecule has 0 amide bonds. The summed E-state index contributed by atoms with van der Waals surface area (Å²) in [6.07, 6.45) is 6.45. The molecule has 1 saturated carbocycles. The normalized spacial score (nSPS) is 16.1. The molecule has 1 fully saturated rings. The number of pyridine rings is 1. The van der Waals surface area contributed by atoms with E-state index in [2.05, 4.69) is 21.9 Å². The van der Waals surface area contributed by atoms with E-state index in [9.17, 15) is 9.18 Å². The molecule has 0 bridgehead atoms. The van der Waals surface area contributed by atoms with Gasteiger partial charge in [-0.25, -0.2) is 4.39 Å². The van der Waals surface area contributed by atoms with Gasteiger partial charge in [0, 0.05) is 22.8 Å². The molecule has 1 heterocycles. The van der Waals surface area contributed by atoms with Gasteiger partial charge in [-0.15, -0.1) is 0 Å². The van der Waals surface area contributed by atoms with E-state index in [1.165, 1.54) is 31.0 Å². The summed E-state index contributed by atoms with van der Waals surface area (Å²) in [4.78, 5) is 19.4. The second-order valence-corrected chi connectivity index (χ2v) is 6.40. The summed E-state index contributed by atoms with van der Waals surface area (Å²) in [5.41, 5.74) is -0.423. The molecule has 0 atom stereocenters. The lowest BCUT2D eigenvalue weighted by Crippen LogP contribution is -2.35. The Balaban J connectivity index is 1.83. The Morgan fingerprint density at radius 3 is 2.88 bits per heavy atom. The van der Waals surface area contributed by atoms with Crippen molar-refractivity contribution in [2.75, 3.05) is 0 Å². The van der Waals surface area contributed by atoms with E-state index < -0.39 is 11.4 Å². The number of hydrogen-bond donors (Lipinski definition) is 2. The maximum Gasteiger partial charge on any atom is 0.291 e. The van der Waals surface area contributed by atoms with Gasteiger partial charge in [0.2, 0.25) is 0 Å². The van der Waals surface area contributed by atoms with Crippen LogP contribution in [0.2, 0.25) is 0 Å². The van der Waals surface area contributed by atoms with E-state index in [0.29, 0.717) is 16.6 Å². The highest BCUT2D eigenvalue weighted by atomic mass is 19.1. The van der Waals surface area contributed by atoms with Gasteiger partial charge in [-0.1, -0.05) is 25.5 Å². The van der Waals surface area contributed by atoms with E-state index in [0.717, 1.165) is 18.7 Å². The lowest BCUT2D eigenvalue weighted by Gasteiger charge is -2.07. The third kappa shape index (κ3) is 4.59. The smallest absolute Gasteiger partial charge is 0.291 e. The van der Waals surface area contributed by atoms with E-state index in [-0.39, 0.29) is 11.5 Å². The van der Waals surface area contributed by atoms with Crippen molar-refractivity contribution in [3.63, 3.8) is 0 Å². The van der Waals surface area contributed by atoms with E-state index >= 15 is 0 Å². The largest absolute Gasteiger partial charge is 0.451 e. The lowest BCUT2D eigenvalue weighted by molar-refractivity contribution is 0.468. The van der Waals surface area contributed by atoms with Crippen LogP contribution in [0, 0.1) is 5.82 Å². The molecule has 5 nitrogen and oxygen atoms in total. The van der Waals surface area contributed by atoms with Crippen LogP contribution in [-0.4, -0.2) is 16.9 Å². The molecular formula is C20H22FN3O2. The number of halogens is 1. The van der Waals surface area contributed by atoms with Crippen molar-refractivity contribution in [2.24, 2.45) is 4.99 Å². The molecule has 1 aromatic carbocycles. The molecule has 0 unspecified atom stereocenters. The van der Waals surface area contributed by atoms with Gasteiger partial charge in [0.1, 0.15) is 11.6 Å². The fourth-order valence-electron chi connectivity index (χ4n) is 2.95. The first-order valence-corrected chi connectivity index (χ1v) is 8.68. The number of ether oxygens (including phenoxy) is 1. The van der Waals surface area contributed by atoms with E-state index in [1.807, 2.05) is 6.92 Å². The van der Waals surface area contributed by atoms with Crippen molar-refractivity contribution < 1.29 is 9.13 Å². The first-order valence-electron chi connectivity index (χ1n) is 8.68. The summed E-state index contributed by atoms with van der Waals surface area (Å²) in [5, 5.41) is 4.26. The van der Waals surface area contributed by atoms with Crippen LogP contribution in [0.25, 0.3) is 12.8 Å². The predicted octanol–water partition coefficient (Wildman–Crippen LogP) is 2.41. The Morgan fingerprint density at radius 1 is 1.38 bits per heavy atom. The molecule has 0 radical (unpaired) electrons. The average Bonchev–Trinajstić information content (AvgIpc) is 3.09. The first kappa shape index (κ1) is 17.9. The van der Waals surface area contributed by atoms with Crippen molar-refractivity contribution >= 4 is 18.6 Å². The van der Waals surface area contributed by atoms with Gasteiger partial charge >= 0.3 is 0 Å². The Kier molecular flexibility index (Phi) is 5.51. The van der Waals surface area contributed by atoms with E-state index in [1.54, 1.807) is 18.3 Å². The molecule has 3 rings (SSSR count). The maximum atomic E-state index is 13.3. The van der Waals surface area contributed by atoms with Crippen molar-refractivity contribution in [1.29, 1.82) is 0 Å². The molecular weight excluding hydrogens is 333 g/mol. The second kappa shape index (κ2) is 7.99. The molecule has 1 aliphatic rings. The SMILES string of the molecule is C=c1[nH]c(=O)c(Oc2cccc(F)c2)c/c1=C/NC(C)=NC1CCCC1. The molecule has 0 aliphatic heterocycles. The van der Waals surface area contributed by atoms with Crippen molar-refractivity contribution in [3.05, 3.63) is 57.1 Å². The number of amidine groups is 1. The fraction of sp³-hybridized carbons (Fsp3) is 0.300. The van der Waals surface area contributed by atoms with Gasteiger partial charge in [-0.05, 0) is 38.0 Å². The van der Waals surface area contributed by atoms with Crippen molar-refractivity contribution in [1.82, 2.24) is 10.3 Å². The van der Waals surface area contributed by atoms with Crippen LogP contribution in [0.5, 0.6) is 11.5 Å². The van der Waals surface area contributed by atoms with Crippen LogP contribution in [0.4, 0.5) is 4.39 Å². The van der Waals surface area contributed by atoms with Crippen LogP contribution >= 0.6 is 0 Å². The minimum Gasteiger partial charge on any atom is -0.451 e. The number of benzene rings is 1. The fourth-order valence-corrected chi connectivity index (χ4v) is 2.95. The highest BCUT2D eigenvalue weighted by molar-refractivity contribution is 5.83. The summed E-state index contributed by atoms with van der Waals surface area (Å²) < 4.78 is 18.8. The number of H-pyrrole nitrogens is 1. The molecule has 2 aromatic rings. The molecule has 6 heteroatoms. The molecule has 1 aromatic heterocycles. The summed E-state index contributed by atoms with van der Waals surface area (Å²) >= 11 is 0. The summed E-state index contributed by atoms with van der Waals surface area (Å²) in [7, 11) is 0. The number of hydrogen-bond acceptors (Lipinski definition) is 3. The van der Waals surface area contributed by atoms with Crippen LogP contribution in [0.3, 0.4) is 0 Å². The average molecular weight is 355 g/mol. The van der Waals surface area contributed by atoms with Gasteiger partial charge < -0.3 is 15.0 Å². The first-order chi connectivity index (χ1) is 12.5. The Labute approximate surface area is 150 Å². The maximum absolute atomic E-state index is 13.3. The highest BCUT2D eigenvalue weighted by Crippen LogP contribution is 2.20. The Hall–Kier alpha value is -2.89. The zero-order valence-corrected chi connectivity index (χ0v) is 14.7. The van der Waals surface area contributed by atoms with Gasteiger partial charge in [-0.3, -0.25) is 9.79 Å². The zero-order chi connectivity index (χ0) is 18.5. The van der Waals surface area contributed by atoms with Crippen LogP contribution in [0.15, 0.2) is 40.1 Å². The Morgan fingerprint density at radius 2 is 2.15 bits per heavy atom. The van der Waals surface area contributed by atoms with Gasteiger partial charge in [0.05, 0.1) is 11.9 Å². The standard InChI is InChI=1S/C20H22FN3O2/c1-13-15(12-22-14(2)24-17-7-3-4-8-17)10-19(20(25)23-13)26-18-9-5-6-16(21)11-18/h5-6,9-12,17H,1,3-4,7-8H2,2H3,(H,22,24)(H,23,25)/b15-12-. The highest BCUT2D eigenvalue weighted by Gasteiger charge is 2.13. The van der Waals surface area contributed by atoms with Crippen molar-refractivity contribution in [3.8, 4) is 11.5 Å². The van der Waals surface area contributed by atoms with Gasteiger partial charge in [-0.2, -0.15) is 0 Å². The quantitative estimate of drug-likeness (QED) is 0.654. The molecule has 26 heavy (non-hydrogen) atoms. The topological polar surface area (TPSA) is 66.5 Å². The number of aromatic nitrogens is 1. The number of rotatable bonds is 4. The second-order valence-electron chi connectivity index (χ2n) is 6.40. The van der Waals surface area contributed by atoms with Crippen LogP contribution in [-0.2, 0) is 0 Å². The zero-order valence-electron chi connectivity index (χ0n) is 14.7. The van der Waals surface area contributed by atoms with Gasteiger partial charge in [0.25, 0.3) is 5.56 Å². The van der Waals surface area contributed by atoms with Crippen molar-refractivity contribution in [2.45, 2.75) is 38.6 Å². The van der Waals surface area contributed by atoms with E-state index in [4.69, 9.17) is 4.74 Å². The third-order valence-corrected chi connectivity index (χ3v) is 4.28. The monoisotopic (exact) mass is 355 g/mol. The molecule has 0 saturated heterocycles. The number of nitrogens with zero attached hydrogens (tertiary/aromatic N) is 1. The summed E-state index contributed by atoms with van der Waals surface area (Å²) in [5.74, 6) is 0.710. The third-order valence-electron chi connectivity index (χ3n) is 4.28. The molecule has 0 spiro atoms. The predicted molar refractivity (Wildman–Crippen MR) is 101 cm³/mol. The molecule has 2 N–H and O–H groups in total. The summed E-state index contributed by atoms with van der Waals surface area (Å²) in [6, 6.07) is 7.59. The lowest BCUT2D eigenvalue weighted by atomic mass is 10.3. The number of nitrogens with one attached hydrogen (secondary N) is 2. The van der Waals surface area contributed by atoms with Crippen LogP contribution < -0.4 is 26.2 Å². The molecule has 1 aliphatic carbocycles. The Bertz CT molecular complexity index is 975.